The lowest BCUT2D eigenvalue weighted by Crippen LogP contribution is -2.43. The molecule has 1 aromatic heterocycles. The van der Waals surface area contributed by atoms with E-state index in [2.05, 4.69) is 28.7 Å². The summed E-state index contributed by atoms with van der Waals surface area (Å²) in [6.07, 6.45) is 6.13. The lowest BCUT2D eigenvalue weighted by Gasteiger charge is -2.31. The van der Waals surface area contributed by atoms with Crippen LogP contribution in [-0.4, -0.2) is 70.5 Å². The fourth-order valence-electron chi connectivity index (χ4n) is 4.23. The van der Waals surface area contributed by atoms with Gasteiger partial charge in [0.05, 0.1) is 18.2 Å². The number of amides is 1. The topological polar surface area (TPSA) is 75.6 Å². The Morgan fingerprint density at radius 1 is 1.35 bits per heavy atom. The maximum Gasteiger partial charge on any atom is 0.313 e. The quantitative estimate of drug-likeness (QED) is 0.759. The third-order valence-corrected chi connectivity index (χ3v) is 5.70. The van der Waals surface area contributed by atoms with Gasteiger partial charge in [0.15, 0.2) is 0 Å². The summed E-state index contributed by atoms with van der Waals surface area (Å²) >= 11 is 0. The number of aromatic nitrogens is 2. The zero-order valence-electron chi connectivity index (χ0n) is 15.9. The Bertz CT molecular complexity index is 651. The Balaban J connectivity index is 1.85. The average molecular weight is 360 g/mol. The van der Waals surface area contributed by atoms with Gasteiger partial charge >= 0.3 is 5.97 Å². The highest BCUT2D eigenvalue weighted by atomic mass is 16.5. The van der Waals surface area contributed by atoms with E-state index in [0.717, 1.165) is 19.4 Å². The van der Waals surface area contributed by atoms with E-state index in [4.69, 9.17) is 4.74 Å². The molecule has 3 rings (SSSR count). The predicted octanol–water partition coefficient (Wildman–Crippen LogP) is 1.60. The van der Waals surface area contributed by atoms with Crippen LogP contribution in [0.2, 0.25) is 0 Å². The van der Waals surface area contributed by atoms with Crippen LogP contribution in [0.3, 0.4) is 0 Å². The molecule has 0 radical (unpaired) electrons. The highest BCUT2D eigenvalue weighted by Gasteiger charge is 2.54. The van der Waals surface area contributed by atoms with Gasteiger partial charge in [-0.3, -0.25) is 19.5 Å². The second-order valence-electron chi connectivity index (χ2n) is 7.54. The summed E-state index contributed by atoms with van der Waals surface area (Å²) in [6.45, 7) is 9.23. The van der Waals surface area contributed by atoms with Crippen molar-refractivity contribution >= 4 is 11.9 Å². The number of hydrogen-bond donors (Lipinski definition) is 0. The van der Waals surface area contributed by atoms with E-state index in [1.54, 1.807) is 6.20 Å². The fourth-order valence-corrected chi connectivity index (χ4v) is 4.23. The first kappa shape index (κ1) is 18.8. The van der Waals surface area contributed by atoms with E-state index in [9.17, 15) is 9.59 Å². The summed E-state index contributed by atoms with van der Waals surface area (Å²) in [4.78, 5) is 38.0. The largest absolute Gasteiger partial charge is 0.466 e. The van der Waals surface area contributed by atoms with Crippen molar-refractivity contribution in [3.8, 4) is 0 Å². The summed E-state index contributed by atoms with van der Waals surface area (Å²) in [5.74, 6) is -0.144. The molecule has 2 fully saturated rings. The minimum Gasteiger partial charge on any atom is -0.466 e. The highest BCUT2D eigenvalue weighted by molar-refractivity contribution is 5.92. The van der Waals surface area contributed by atoms with Crippen LogP contribution in [0.4, 0.5) is 0 Å². The van der Waals surface area contributed by atoms with Crippen LogP contribution in [0, 0.1) is 11.3 Å². The van der Waals surface area contributed by atoms with Gasteiger partial charge in [-0.1, -0.05) is 0 Å². The van der Waals surface area contributed by atoms with Crippen molar-refractivity contribution in [2.24, 2.45) is 11.3 Å². The Morgan fingerprint density at radius 2 is 2.15 bits per heavy atom. The maximum atomic E-state index is 12.9. The standard InChI is InChI=1S/C19H28N4O3/c1-4-26-18(25)19-6-5-9-22(17(24)16-10-20-7-8-21-16)11-15(19)12-23(13-19)14(2)3/h7-8,10,14-15H,4-6,9,11-13H2,1-3H3/t15-,19-/m1/s1. The molecule has 7 nitrogen and oxygen atoms in total. The van der Waals surface area contributed by atoms with Gasteiger partial charge in [0.2, 0.25) is 0 Å². The smallest absolute Gasteiger partial charge is 0.313 e. The van der Waals surface area contributed by atoms with Gasteiger partial charge in [-0.05, 0) is 33.6 Å². The van der Waals surface area contributed by atoms with E-state index in [-0.39, 0.29) is 17.8 Å². The number of ether oxygens (including phenoxy) is 1. The number of rotatable bonds is 4. The summed E-state index contributed by atoms with van der Waals surface area (Å²) < 4.78 is 5.46. The monoisotopic (exact) mass is 360 g/mol. The van der Waals surface area contributed by atoms with Crippen LogP contribution in [0.15, 0.2) is 18.6 Å². The van der Waals surface area contributed by atoms with Gasteiger partial charge < -0.3 is 9.64 Å². The molecule has 0 spiro atoms. The van der Waals surface area contributed by atoms with Crippen LogP contribution in [0.1, 0.15) is 44.1 Å². The second kappa shape index (κ2) is 7.70. The molecule has 0 aliphatic carbocycles. The van der Waals surface area contributed by atoms with Gasteiger partial charge in [0.1, 0.15) is 5.69 Å². The van der Waals surface area contributed by atoms with Crippen LogP contribution in [0.25, 0.3) is 0 Å². The van der Waals surface area contributed by atoms with E-state index in [1.165, 1.54) is 12.4 Å². The molecule has 142 valence electrons. The van der Waals surface area contributed by atoms with Crippen molar-refractivity contribution in [3.05, 3.63) is 24.3 Å². The van der Waals surface area contributed by atoms with Crippen molar-refractivity contribution in [3.63, 3.8) is 0 Å². The van der Waals surface area contributed by atoms with Gasteiger partial charge in [0, 0.05) is 50.5 Å². The number of hydrogen-bond acceptors (Lipinski definition) is 6. The van der Waals surface area contributed by atoms with Crippen LogP contribution in [0.5, 0.6) is 0 Å². The van der Waals surface area contributed by atoms with Crippen LogP contribution in [-0.2, 0) is 9.53 Å². The average Bonchev–Trinajstić information content (AvgIpc) is 2.91. The molecule has 0 saturated carbocycles. The van der Waals surface area contributed by atoms with Gasteiger partial charge in [-0.15, -0.1) is 0 Å². The lowest BCUT2D eigenvalue weighted by atomic mass is 9.75. The van der Waals surface area contributed by atoms with Crippen molar-refractivity contribution in [1.82, 2.24) is 19.8 Å². The van der Waals surface area contributed by atoms with Crippen LogP contribution >= 0.6 is 0 Å². The molecule has 2 aliphatic rings. The van der Waals surface area contributed by atoms with E-state index < -0.39 is 5.41 Å². The molecule has 2 saturated heterocycles. The molecule has 1 aromatic rings. The number of esters is 1. The third-order valence-electron chi connectivity index (χ3n) is 5.70. The van der Waals surface area contributed by atoms with Gasteiger partial charge in [-0.25, -0.2) is 4.98 Å². The molecule has 0 bridgehead atoms. The van der Waals surface area contributed by atoms with Crippen molar-refractivity contribution in [1.29, 1.82) is 0 Å². The Kier molecular flexibility index (Phi) is 5.55. The predicted molar refractivity (Wildman–Crippen MR) is 96.4 cm³/mol. The van der Waals surface area contributed by atoms with Gasteiger partial charge in [-0.2, -0.15) is 0 Å². The number of nitrogens with zero attached hydrogens (tertiary/aromatic N) is 4. The molecule has 26 heavy (non-hydrogen) atoms. The first-order valence-electron chi connectivity index (χ1n) is 9.44. The maximum absolute atomic E-state index is 12.9. The van der Waals surface area contributed by atoms with Crippen LogP contribution < -0.4 is 0 Å². The first-order valence-corrected chi connectivity index (χ1v) is 9.44. The van der Waals surface area contributed by atoms with Gasteiger partial charge in [0.25, 0.3) is 5.91 Å². The molecule has 2 aliphatic heterocycles. The number of carbonyl (C=O) groups is 2. The van der Waals surface area contributed by atoms with Crippen molar-refractivity contribution in [2.75, 3.05) is 32.8 Å². The summed E-state index contributed by atoms with van der Waals surface area (Å²) in [5.41, 5.74) is -0.160. The van der Waals surface area contributed by atoms with E-state index in [0.29, 0.717) is 38.0 Å². The molecular weight excluding hydrogens is 332 g/mol. The first-order chi connectivity index (χ1) is 12.5. The molecule has 0 unspecified atom stereocenters. The summed E-state index contributed by atoms with van der Waals surface area (Å²) in [5, 5.41) is 0. The second-order valence-corrected chi connectivity index (χ2v) is 7.54. The SMILES string of the molecule is CCOC(=O)[C@@]12CCCN(C(=O)c3cnccn3)C[C@@H]1CN(C(C)C)C2. The Hall–Kier alpha value is -2.02. The summed E-state index contributed by atoms with van der Waals surface area (Å²) in [7, 11) is 0. The molecule has 7 heteroatoms. The zero-order valence-corrected chi connectivity index (χ0v) is 15.9. The normalized spacial score (nSPS) is 26.5. The lowest BCUT2D eigenvalue weighted by molar-refractivity contribution is -0.157. The Morgan fingerprint density at radius 3 is 2.81 bits per heavy atom. The molecule has 0 aromatic carbocycles. The van der Waals surface area contributed by atoms with E-state index in [1.807, 2.05) is 11.8 Å². The fraction of sp³-hybridized carbons (Fsp3) is 0.684. The van der Waals surface area contributed by atoms with E-state index >= 15 is 0 Å². The molecule has 3 heterocycles. The molecular formula is C19H28N4O3. The zero-order chi connectivity index (χ0) is 18.7. The number of likely N-dealkylation sites (tertiary alicyclic amines) is 2. The molecule has 0 N–H and O–H groups in total. The number of fused-ring (bicyclic) bond motifs is 1. The highest BCUT2D eigenvalue weighted by Crippen LogP contribution is 2.44. The Labute approximate surface area is 154 Å². The number of carbonyl (C=O) groups excluding carboxylic acids is 2. The van der Waals surface area contributed by atoms with Crippen molar-refractivity contribution in [2.45, 2.75) is 39.7 Å². The van der Waals surface area contributed by atoms with Crippen molar-refractivity contribution < 1.29 is 14.3 Å². The molecule has 1 amide bonds. The minimum absolute atomic E-state index is 0.0760. The minimum atomic E-state index is -0.516. The third kappa shape index (κ3) is 3.45. The molecule has 2 atom stereocenters. The summed E-state index contributed by atoms with van der Waals surface area (Å²) in [6, 6.07) is 0.359.